The highest BCUT2D eigenvalue weighted by Gasteiger charge is 2.14. The molecule has 0 heterocycles. The van der Waals surface area contributed by atoms with Crippen LogP contribution >= 0.6 is 0 Å². The lowest BCUT2D eigenvalue weighted by Gasteiger charge is -2.18. The molecule has 1 rings (SSSR count). The Morgan fingerprint density at radius 1 is 1.26 bits per heavy atom. The Kier molecular flexibility index (Phi) is 5.29. The second kappa shape index (κ2) is 6.72. The van der Waals surface area contributed by atoms with Crippen LogP contribution in [-0.2, 0) is 9.53 Å². The van der Waals surface area contributed by atoms with Crippen molar-refractivity contribution in [2.75, 3.05) is 25.4 Å². The lowest BCUT2D eigenvalue weighted by Crippen LogP contribution is -2.34. The van der Waals surface area contributed by atoms with Crippen LogP contribution < -0.4 is 5.73 Å². The predicted molar refractivity (Wildman–Crippen MR) is 69.0 cm³/mol. The number of likely N-dealkylation sites (N-methyl/N-ethyl adjacent to an activating group) is 1. The van der Waals surface area contributed by atoms with Gasteiger partial charge in [0.2, 0.25) is 0 Å². The Balaban J connectivity index is 2.63. The number of nitrogens with zero attached hydrogens (tertiary/aromatic N) is 1. The number of hydrogen-bond donors (Lipinski definition) is 1. The van der Waals surface area contributed by atoms with E-state index in [-0.39, 0.29) is 23.8 Å². The Hall–Kier alpha value is -2.11. The van der Waals surface area contributed by atoms with Gasteiger partial charge >= 0.3 is 5.97 Å². The van der Waals surface area contributed by atoms with Crippen molar-refractivity contribution < 1.29 is 18.7 Å². The molecule has 2 N–H and O–H groups in total. The summed E-state index contributed by atoms with van der Waals surface area (Å²) in [5.74, 6) is -1.68. The lowest BCUT2D eigenvalue weighted by molar-refractivity contribution is -0.134. The van der Waals surface area contributed by atoms with Crippen molar-refractivity contribution >= 4 is 17.6 Å². The number of hydrogen-bond acceptors (Lipinski definition) is 4. The number of benzene rings is 1. The molecular formula is C13H17FN2O3. The highest BCUT2D eigenvalue weighted by molar-refractivity contribution is 5.92. The number of carbonyl (C=O) groups excluding carboxylic acids is 2. The van der Waals surface area contributed by atoms with Crippen LogP contribution in [0.25, 0.3) is 0 Å². The minimum atomic E-state index is -0.772. The Morgan fingerprint density at radius 2 is 1.89 bits per heavy atom. The summed E-state index contributed by atoms with van der Waals surface area (Å²) in [6, 6.07) is 3.41. The molecule has 0 radical (unpaired) electrons. The molecule has 0 unspecified atom stereocenters. The van der Waals surface area contributed by atoms with Crippen molar-refractivity contribution in [1.29, 1.82) is 0 Å². The fourth-order valence-electron chi connectivity index (χ4n) is 1.61. The quantitative estimate of drug-likeness (QED) is 0.647. The fraction of sp³-hybridized carbons (Fsp3) is 0.385. The average Bonchev–Trinajstić information content (AvgIpc) is 2.36. The topological polar surface area (TPSA) is 72.6 Å². The second-order valence-electron chi connectivity index (χ2n) is 3.92. The standard InChI is InChI=1S/C13H17FN2O3/c1-3-16(4-2)12(17)8-19-13(18)9-5-10(14)7-11(15)6-9/h5-7H,3-4,8,15H2,1-2H3. The normalized spacial score (nSPS) is 10.1. The fourth-order valence-corrected chi connectivity index (χ4v) is 1.61. The maximum Gasteiger partial charge on any atom is 0.338 e. The van der Waals surface area contributed by atoms with Gasteiger partial charge in [-0.3, -0.25) is 4.79 Å². The summed E-state index contributed by atoms with van der Waals surface area (Å²) in [6.07, 6.45) is 0. The summed E-state index contributed by atoms with van der Waals surface area (Å²) < 4.78 is 17.9. The van der Waals surface area contributed by atoms with Gasteiger partial charge in [-0.1, -0.05) is 0 Å². The number of esters is 1. The monoisotopic (exact) mass is 268 g/mol. The van der Waals surface area contributed by atoms with Crippen molar-refractivity contribution in [3.63, 3.8) is 0 Å². The minimum absolute atomic E-state index is 0.00940. The second-order valence-corrected chi connectivity index (χ2v) is 3.92. The van der Waals surface area contributed by atoms with Gasteiger partial charge in [-0.2, -0.15) is 0 Å². The first-order valence-electron chi connectivity index (χ1n) is 5.98. The van der Waals surface area contributed by atoms with E-state index in [2.05, 4.69) is 0 Å². The maximum absolute atomic E-state index is 13.1. The van der Waals surface area contributed by atoms with Crippen molar-refractivity contribution in [1.82, 2.24) is 4.90 Å². The molecule has 0 atom stereocenters. The largest absolute Gasteiger partial charge is 0.452 e. The van der Waals surface area contributed by atoms with Gasteiger partial charge in [-0.05, 0) is 32.0 Å². The summed E-state index contributed by atoms with van der Waals surface area (Å²) in [7, 11) is 0. The van der Waals surface area contributed by atoms with Crippen LogP contribution in [-0.4, -0.2) is 36.5 Å². The zero-order valence-electron chi connectivity index (χ0n) is 11.0. The number of nitrogens with two attached hydrogens (primary N) is 1. The van der Waals surface area contributed by atoms with E-state index in [4.69, 9.17) is 10.5 Å². The number of anilines is 1. The van der Waals surface area contributed by atoms with Crippen molar-refractivity contribution in [2.24, 2.45) is 0 Å². The van der Waals surface area contributed by atoms with E-state index < -0.39 is 11.8 Å². The molecule has 19 heavy (non-hydrogen) atoms. The molecule has 104 valence electrons. The van der Waals surface area contributed by atoms with Crippen LogP contribution in [0.5, 0.6) is 0 Å². The van der Waals surface area contributed by atoms with Crippen LogP contribution in [0.3, 0.4) is 0 Å². The molecular weight excluding hydrogens is 251 g/mol. The number of carbonyl (C=O) groups is 2. The molecule has 0 saturated heterocycles. The molecule has 0 aromatic heterocycles. The number of rotatable bonds is 5. The predicted octanol–water partition coefficient (Wildman–Crippen LogP) is 1.43. The molecule has 0 fully saturated rings. The van der Waals surface area contributed by atoms with Gasteiger partial charge in [0, 0.05) is 18.8 Å². The number of amides is 1. The highest BCUT2D eigenvalue weighted by atomic mass is 19.1. The highest BCUT2D eigenvalue weighted by Crippen LogP contribution is 2.11. The molecule has 1 amide bonds. The average molecular weight is 268 g/mol. The molecule has 0 aliphatic heterocycles. The van der Waals surface area contributed by atoms with Crippen molar-refractivity contribution in [3.05, 3.63) is 29.6 Å². The Bertz CT molecular complexity index is 453. The molecule has 1 aromatic carbocycles. The van der Waals surface area contributed by atoms with Crippen LogP contribution in [0, 0.1) is 5.82 Å². The summed E-state index contributed by atoms with van der Waals surface area (Å²) in [6.45, 7) is 4.38. The third kappa shape index (κ3) is 4.24. The third-order valence-corrected chi connectivity index (χ3v) is 2.60. The number of halogens is 1. The molecule has 0 aliphatic rings. The van der Waals surface area contributed by atoms with Crippen LogP contribution in [0.2, 0.25) is 0 Å². The van der Waals surface area contributed by atoms with Gasteiger partial charge in [0.1, 0.15) is 5.82 Å². The molecule has 1 aromatic rings. The zero-order chi connectivity index (χ0) is 14.4. The van der Waals surface area contributed by atoms with E-state index in [9.17, 15) is 14.0 Å². The molecule has 0 aliphatic carbocycles. The van der Waals surface area contributed by atoms with E-state index in [1.807, 2.05) is 13.8 Å². The van der Waals surface area contributed by atoms with E-state index >= 15 is 0 Å². The lowest BCUT2D eigenvalue weighted by atomic mass is 10.2. The van der Waals surface area contributed by atoms with Gasteiger partial charge in [0.15, 0.2) is 6.61 Å². The molecule has 0 bridgehead atoms. The SMILES string of the molecule is CCN(CC)C(=O)COC(=O)c1cc(N)cc(F)c1. The van der Waals surface area contributed by atoms with Crippen LogP contribution in [0.4, 0.5) is 10.1 Å². The zero-order valence-corrected chi connectivity index (χ0v) is 11.0. The number of nitrogen functional groups attached to an aromatic ring is 1. The summed E-state index contributed by atoms with van der Waals surface area (Å²) >= 11 is 0. The van der Waals surface area contributed by atoms with Gasteiger partial charge in [-0.15, -0.1) is 0 Å². The van der Waals surface area contributed by atoms with Crippen LogP contribution in [0.1, 0.15) is 24.2 Å². The summed E-state index contributed by atoms with van der Waals surface area (Å²) in [4.78, 5) is 24.8. The summed E-state index contributed by atoms with van der Waals surface area (Å²) in [5, 5.41) is 0. The summed E-state index contributed by atoms with van der Waals surface area (Å²) in [5.41, 5.74) is 5.54. The van der Waals surface area contributed by atoms with Crippen molar-refractivity contribution in [2.45, 2.75) is 13.8 Å². The number of ether oxygens (including phenoxy) is 1. The molecule has 6 heteroatoms. The maximum atomic E-state index is 13.1. The Labute approximate surface area is 111 Å². The van der Waals surface area contributed by atoms with E-state index in [0.29, 0.717) is 13.1 Å². The van der Waals surface area contributed by atoms with Gasteiger partial charge in [-0.25, -0.2) is 9.18 Å². The van der Waals surface area contributed by atoms with Gasteiger partial charge < -0.3 is 15.4 Å². The molecule has 0 spiro atoms. The van der Waals surface area contributed by atoms with Gasteiger partial charge in [0.05, 0.1) is 5.56 Å². The minimum Gasteiger partial charge on any atom is -0.452 e. The Morgan fingerprint density at radius 3 is 2.42 bits per heavy atom. The first-order valence-corrected chi connectivity index (χ1v) is 5.98. The smallest absolute Gasteiger partial charge is 0.338 e. The van der Waals surface area contributed by atoms with Crippen molar-refractivity contribution in [3.8, 4) is 0 Å². The first-order chi connectivity index (χ1) is 8.97. The van der Waals surface area contributed by atoms with E-state index in [1.54, 1.807) is 0 Å². The molecule has 5 nitrogen and oxygen atoms in total. The van der Waals surface area contributed by atoms with Crippen LogP contribution in [0.15, 0.2) is 18.2 Å². The van der Waals surface area contributed by atoms with E-state index in [1.165, 1.54) is 11.0 Å². The van der Waals surface area contributed by atoms with Gasteiger partial charge in [0.25, 0.3) is 5.91 Å². The van der Waals surface area contributed by atoms with E-state index in [0.717, 1.165) is 12.1 Å². The molecule has 0 saturated carbocycles. The first kappa shape index (κ1) is 14.9. The third-order valence-electron chi connectivity index (χ3n) is 2.60.